The van der Waals surface area contributed by atoms with Gasteiger partial charge in [0, 0.05) is 51.4 Å². The van der Waals surface area contributed by atoms with E-state index in [9.17, 15) is 5.11 Å². The SMILES string of the molecule is CCCCCCCCc1ccc(N=Nc2ccc(O)cc2)cc1.[K]. The summed E-state index contributed by atoms with van der Waals surface area (Å²) in [7, 11) is 0. The molecule has 0 amide bonds. The first kappa shape index (κ1) is 21.5. The summed E-state index contributed by atoms with van der Waals surface area (Å²) in [6.07, 6.45) is 9.11. The van der Waals surface area contributed by atoms with E-state index in [2.05, 4.69) is 29.3 Å². The van der Waals surface area contributed by atoms with E-state index in [4.69, 9.17) is 0 Å². The van der Waals surface area contributed by atoms with Gasteiger partial charge in [0.1, 0.15) is 5.75 Å². The van der Waals surface area contributed by atoms with Crippen molar-refractivity contribution in [3.05, 3.63) is 54.1 Å². The van der Waals surface area contributed by atoms with Gasteiger partial charge in [0.05, 0.1) is 11.4 Å². The molecule has 2 aromatic carbocycles. The van der Waals surface area contributed by atoms with E-state index in [0.717, 1.165) is 17.8 Å². The molecule has 0 bridgehead atoms. The van der Waals surface area contributed by atoms with Gasteiger partial charge in [-0.2, -0.15) is 10.2 Å². The zero-order valence-electron chi connectivity index (χ0n) is 14.9. The minimum atomic E-state index is 0. The zero-order valence-corrected chi connectivity index (χ0v) is 18.0. The number of azo groups is 1. The van der Waals surface area contributed by atoms with Gasteiger partial charge in [-0.15, -0.1) is 0 Å². The Bertz CT molecular complexity index is 594. The van der Waals surface area contributed by atoms with Crippen LogP contribution >= 0.6 is 0 Å². The van der Waals surface area contributed by atoms with Crippen molar-refractivity contribution in [2.45, 2.75) is 51.9 Å². The molecule has 0 unspecified atom stereocenters. The maximum Gasteiger partial charge on any atom is 0.115 e. The number of hydrogen-bond acceptors (Lipinski definition) is 3. The number of aromatic hydroxyl groups is 1. The third kappa shape index (κ3) is 8.54. The fraction of sp³-hybridized carbons (Fsp3) is 0.400. The van der Waals surface area contributed by atoms with Crippen LogP contribution in [0, 0.1) is 0 Å². The molecule has 4 heteroatoms. The van der Waals surface area contributed by atoms with Gasteiger partial charge in [-0.3, -0.25) is 0 Å². The molecule has 0 aromatic heterocycles. The minimum Gasteiger partial charge on any atom is -0.508 e. The van der Waals surface area contributed by atoms with Crippen molar-refractivity contribution in [2.24, 2.45) is 10.2 Å². The van der Waals surface area contributed by atoms with Gasteiger partial charge in [-0.1, -0.05) is 51.2 Å². The quantitative estimate of drug-likeness (QED) is 0.321. The van der Waals surface area contributed by atoms with Gasteiger partial charge in [-0.25, -0.2) is 0 Å². The Hall–Kier alpha value is -0.524. The van der Waals surface area contributed by atoms with E-state index in [1.165, 1.54) is 44.1 Å². The van der Waals surface area contributed by atoms with Crippen LogP contribution in [0.4, 0.5) is 11.4 Å². The van der Waals surface area contributed by atoms with E-state index in [1.54, 1.807) is 24.3 Å². The summed E-state index contributed by atoms with van der Waals surface area (Å²) in [6, 6.07) is 15.0. The molecule has 3 nitrogen and oxygen atoms in total. The van der Waals surface area contributed by atoms with Gasteiger partial charge >= 0.3 is 0 Å². The third-order valence-electron chi connectivity index (χ3n) is 3.89. The summed E-state index contributed by atoms with van der Waals surface area (Å²) in [5.41, 5.74) is 2.95. The summed E-state index contributed by atoms with van der Waals surface area (Å²) < 4.78 is 0. The second-order valence-electron chi connectivity index (χ2n) is 5.90. The van der Waals surface area contributed by atoms with Gasteiger partial charge in [0.2, 0.25) is 0 Å². The van der Waals surface area contributed by atoms with Crippen molar-refractivity contribution >= 4 is 62.8 Å². The predicted molar refractivity (Wildman–Crippen MR) is 102 cm³/mol. The molecule has 2 aromatic rings. The van der Waals surface area contributed by atoms with Crippen LogP contribution in [-0.4, -0.2) is 56.5 Å². The Morgan fingerprint density at radius 1 is 0.708 bits per heavy atom. The second-order valence-corrected chi connectivity index (χ2v) is 5.90. The molecule has 0 saturated carbocycles. The summed E-state index contributed by atoms with van der Waals surface area (Å²) in [5.74, 6) is 0.239. The van der Waals surface area contributed by atoms with Crippen LogP contribution in [0.15, 0.2) is 58.8 Å². The number of benzene rings is 2. The summed E-state index contributed by atoms with van der Waals surface area (Å²) in [6.45, 7) is 2.25. The first-order chi connectivity index (χ1) is 11.3. The molecule has 0 aliphatic heterocycles. The number of phenols is 1. The van der Waals surface area contributed by atoms with Crippen molar-refractivity contribution < 1.29 is 5.11 Å². The van der Waals surface area contributed by atoms with Crippen LogP contribution in [-0.2, 0) is 6.42 Å². The summed E-state index contributed by atoms with van der Waals surface area (Å²) in [5, 5.41) is 17.6. The molecule has 0 heterocycles. The fourth-order valence-corrected chi connectivity index (χ4v) is 2.47. The van der Waals surface area contributed by atoms with E-state index in [0.29, 0.717) is 0 Å². The number of unbranched alkanes of at least 4 members (excludes halogenated alkanes) is 5. The molecular formula is C20H26KN2O. The molecule has 0 spiro atoms. The van der Waals surface area contributed by atoms with Crippen molar-refractivity contribution in [1.82, 2.24) is 0 Å². The van der Waals surface area contributed by atoms with Crippen molar-refractivity contribution in [3.63, 3.8) is 0 Å². The van der Waals surface area contributed by atoms with Crippen LogP contribution in [0.2, 0.25) is 0 Å². The Morgan fingerprint density at radius 2 is 1.21 bits per heavy atom. The van der Waals surface area contributed by atoms with Crippen molar-refractivity contribution in [2.75, 3.05) is 0 Å². The first-order valence-corrected chi connectivity index (χ1v) is 8.57. The molecule has 0 aliphatic carbocycles. The van der Waals surface area contributed by atoms with Crippen LogP contribution in [0.25, 0.3) is 0 Å². The smallest absolute Gasteiger partial charge is 0.115 e. The van der Waals surface area contributed by atoms with E-state index in [1.807, 2.05) is 12.1 Å². The molecule has 24 heavy (non-hydrogen) atoms. The maximum absolute atomic E-state index is 9.23. The number of aryl methyl sites for hydroxylation is 1. The topological polar surface area (TPSA) is 45.0 Å². The third-order valence-corrected chi connectivity index (χ3v) is 3.89. The zero-order chi connectivity index (χ0) is 16.3. The van der Waals surface area contributed by atoms with Gasteiger partial charge in [0.15, 0.2) is 0 Å². The van der Waals surface area contributed by atoms with Gasteiger partial charge in [0.25, 0.3) is 0 Å². The molecule has 1 radical (unpaired) electrons. The van der Waals surface area contributed by atoms with Crippen molar-refractivity contribution in [1.29, 1.82) is 0 Å². The average Bonchev–Trinajstić information content (AvgIpc) is 2.58. The van der Waals surface area contributed by atoms with Crippen molar-refractivity contribution in [3.8, 4) is 5.75 Å². The van der Waals surface area contributed by atoms with Crippen LogP contribution < -0.4 is 0 Å². The van der Waals surface area contributed by atoms with Crippen LogP contribution in [0.3, 0.4) is 0 Å². The Labute approximate surface area is 188 Å². The largest absolute Gasteiger partial charge is 0.508 e. The molecule has 123 valence electrons. The molecule has 0 saturated heterocycles. The van der Waals surface area contributed by atoms with Crippen LogP contribution in [0.1, 0.15) is 51.0 Å². The maximum atomic E-state index is 9.23. The average molecular weight is 350 g/mol. The molecule has 0 atom stereocenters. The van der Waals surface area contributed by atoms with E-state index < -0.39 is 0 Å². The number of phenolic OH excluding ortho intramolecular Hbond substituents is 1. The van der Waals surface area contributed by atoms with Gasteiger partial charge < -0.3 is 5.11 Å². The second kappa shape index (κ2) is 12.8. The molecule has 0 fully saturated rings. The number of rotatable bonds is 9. The first-order valence-electron chi connectivity index (χ1n) is 8.57. The number of hydrogen-bond donors (Lipinski definition) is 1. The molecule has 0 aliphatic rings. The van der Waals surface area contributed by atoms with E-state index >= 15 is 0 Å². The Kier molecular flexibility index (Phi) is 11.5. The number of nitrogens with zero attached hydrogens (tertiary/aromatic N) is 2. The van der Waals surface area contributed by atoms with E-state index in [-0.39, 0.29) is 57.1 Å². The fourth-order valence-electron chi connectivity index (χ4n) is 2.47. The normalized spacial score (nSPS) is 10.7. The Morgan fingerprint density at radius 3 is 1.79 bits per heavy atom. The monoisotopic (exact) mass is 349 g/mol. The summed E-state index contributed by atoms with van der Waals surface area (Å²) >= 11 is 0. The Balaban J connectivity index is 0.00000288. The standard InChI is InChI=1S/C20H26N2O.K/c1-2-3-4-5-6-7-8-17-9-11-18(12-10-17)21-22-19-13-15-20(23)16-14-19;/h9-16,23H,2-8H2,1H3;. The predicted octanol–water partition coefficient (Wildman–Crippen LogP) is 6.33. The molecule has 1 N–H and O–H groups in total. The summed E-state index contributed by atoms with van der Waals surface area (Å²) in [4.78, 5) is 0. The molecule has 2 rings (SSSR count). The molecular weight excluding hydrogens is 323 g/mol. The minimum absolute atomic E-state index is 0. The van der Waals surface area contributed by atoms with Crippen LogP contribution in [0.5, 0.6) is 5.75 Å². The van der Waals surface area contributed by atoms with Gasteiger partial charge in [-0.05, 0) is 54.8 Å².